The standard InChI is InChI=1S/C17H26N2O2/c1-12-9-13(2)11-15(10-12)19(3)8-7-16(17(20)21-4)18-14-5-6-14/h9-11,14,16,18H,5-8H2,1-4H3. The van der Waals surface area contributed by atoms with E-state index in [9.17, 15) is 4.79 Å². The second kappa shape index (κ2) is 6.94. The van der Waals surface area contributed by atoms with Gasteiger partial charge in [-0.2, -0.15) is 0 Å². The van der Waals surface area contributed by atoms with Gasteiger partial charge in [-0.05, 0) is 56.4 Å². The van der Waals surface area contributed by atoms with Gasteiger partial charge in [0.2, 0.25) is 0 Å². The van der Waals surface area contributed by atoms with E-state index in [-0.39, 0.29) is 12.0 Å². The van der Waals surface area contributed by atoms with Crippen LogP contribution in [-0.4, -0.2) is 38.8 Å². The Kier molecular flexibility index (Phi) is 5.23. The average molecular weight is 290 g/mol. The number of rotatable bonds is 7. The van der Waals surface area contributed by atoms with Gasteiger partial charge in [-0.15, -0.1) is 0 Å². The van der Waals surface area contributed by atoms with Gasteiger partial charge >= 0.3 is 5.97 Å². The molecule has 1 N–H and O–H groups in total. The summed E-state index contributed by atoms with van der Waals surface area (Å²) in [6.07, 6.45) is 3.09. The number of esters is 1. The lowest BCUT2D eigenvalue weighted by atomic mass is 10.1. The Morgan fingerprint density at radius 3 is 2.48 bits per heavy atom. The molecule has 21 heavy (non-hydrogen) atoms. The van der Waals surface area contributed by atoms with Crippen molar-refractivity contribution in [1.82, 2.24) is 5.32 Å². The Morgan fingerprint density at radius 2 is 1.95 bits per heavy atom. The molecular formula is C17H26N2O2. The number of nitrogens with one attached hydrogen (secondary N) is 1. The summed E-state index contributed by atoms with van der Waals surface area (Å²) in [4.78, 5) is 14.0. The fourth-order valence-electron chi connectivity index (χ4n) is 2.57. The zero-order chi connectivity index (χ0) is 15.4. The Balaban J connectivity index is 1.93. The van der Waals surface area contributed by atoms with Crippen LogP contribution in [0, 0.1) is 13.8 Å². The minimum absolute atomic E-state index is 0.157. The lowest BCUT2D eigenvalue weighted by molar-refractivity contribution is -0.143. The molecule has 0 aromatic heterocycles. The van der Waals surface area contributed by atoms with Gasteiger partial charge in [-0.25, -0.2) is 0 Å². The number of nitrogens with zero attached hydrogens (tertiary/aromatic N) is 1. The van der Waals surface area contributed by atoms with Crippen LogP contribution >= 0.6 is 0 Å². The van der Waals surface area contributed by atoms with Crippen LogP contribution < -0.4 is 10.2 Å². The van der Waals surface area contributed by atoms with Crippen molar-refractivity contribution in [2.75, 3.05) is 25.6 Å². The third-order valence-corrected chi connectivity index (χ3v) is 3.90. The summed E-state index contributed by atoms with van der Waals surface area (Å²) in [5.41, 5.74) is 3.72. The highest BCUT2D eigenvalue weighted by Gasteiger charge is 2.28. The van der Waals surface area contributed by atoms with Gasteiger partial charge in [0.15, 0.2) is 0 Å². The molecule has 4 heteroatoms. The zero-order valence-electron chi connectivity index (χ0n) is 13.5. The first-order chi connectivity index (χ1) is 9.99. The summed E-state index contributed by atoms with van der Waals surface area (Å²) in [6, 6.07) is 6.82. The van der Waals surface area contributed by atoms with Crippen molar-refractivity contribution in [1.29, 1.82) is 0 Å². The van der Waals surface area contributed by atoms with Crippen LogP contribution in [0.15, 0.2) is 18.2 Å². The quantitative estimate of drug-likeness (QED) is 0.783. The van der Waals surface area contributed by atoms with Crippen LogP contribution in [-0.2, 0) is 9.53 Å². The fraction of sp³-hybridized carbons (Fsp3) is 0.588. The second-order valence-electron chi connectivity index (χ2n) is 6.07. The maximum absolute atomic E-state index is 11.8. The molecule has 116 valence electrons. The smallest absolute Gasteiger partial charge is 0.322 e. The minimum Gasteiger partial charge on any atom is -0.468 e. The van der Waals surface area contributed by atoms with Crippen LogP contribution in [0.2, 0.25) is 0 Å². The lowest BCUT2D eigenvalue weighted by Gasteiger charge is -2.23. The Morgan fingerprint density at radius 1 is 1.33 bits per heavy atom. The van der Waals surface area contributed by atoms with Crippen molar-refractivity contribution in [2.45, 2.75) is 45.2 Å². The summed E-state index contributed by atoms with van der Waals surface area (Å²) >= 11 is 0. The summed E-state index contributed by atoms with van der Waals surface area (Å²) < 4.78 is 4.90. The first kappa shape index (κ1) is 15.8. The van der Waals surface area contributed by atoms with E-state index in [4.69, 9.17) is 4.74 Å². The van der Waals surface area contributed by atoms with E-state index in [0.29, 0.717) is 6.04 Å². The van der Waals surface area contributed by atoms with Crippen molar-refractivity contribution in [3.8, 4) is 0 Å². The van der Waals surface area contributed by atoms with Gasteiger partial charge in [-0.3, -0.25) is 4.79 Å². The van der Waals surface area contributed by atoms with E-state index in [1.165, 1.54) is 36.8 Å². The molecule has 0 spiro atoms. The normalized spacial score (nSPS) is 15.6. The van der Waals surface area contributed by atoms with Gasteiger partial charge in [0.05, 0.1) is 7.11 Å². The highest BCUT2D eigenvalue weighted by molar-refractivity contribution is 5.75. The molecule has 0 aliphatic heterocycles. The van der Waals surface area contributed by atoms with Gasteiger partial charge in [0.1, 0.15) is 6.04 Å². The molecule has 0 bridgehead atoms. The largest absolute Gasteiger partial charge is 0.468 e. The monoisotopic (exact) mass is 290 g/mol. The van der Waals surface area contributed by atoms with E-state index >= 15 is 0 Å². The van der Waals surface area contributed by atoms with Crippen LogP contribution in [0.25, 0.3) is 0 Å². The molecule has 4 nitrogen and oxygen atoms in total. The molecule has 0 heterocycles. The van der Waals surface area contributed by atoms with Crippen molar-refractivity contribution in [3.63, 3.8) is 0 Å². The van der Waals surface area contributed by atoms with E-state index in [2.05, 4.69) is 49.3 Å². The number of carbonyl (C=O) groups is 1. The molecule has 0 radical (unpaired) electrons. The second-order valence-corrected chi connectivity index (χ2v) is 6.07. The van der Waals surface area contributed by atoms with Crippen molar-refractivity contribution in [2.24, 2.45) is 0 Å². The van der Waals surface area contributed by atoms with Crippen LogP contribution in [0.3, 0.4) is 0 Å². The zero-order valence-corrected chi connectivity index (χ0v) is 13.5. The average Bonchev–Trinajstić information content (AvgIpc) is 3.25. The van der Waals surface area contributed by atoms with Crippen LogP contribution in [0.4, 0.5) is 5.69 Å². The van der Waals surface area contributed by atoms with Crippen molar-refractivity contribution >= 4 is 11.7 Å². The predicted octanol–water partition coefficient (Wildman–Crippen LogP) is 2.42. The summed E-state index contributed by atoms with van der Waals surface area (Å²) in [5, 5.41) is 3.37. The molecule has 0 saturated heterocycles. The first-order valence-electron chi connectivity index (χ1n) is 7.63. The highest BCUT2D eigenvalue weighted by atomic mass is 16.5. The minimum atomic E-state index is -0.198. The maximum Gasteiger partial charge on any atom is 0.322 e. The van der Waals surface area contributed by atoms with Crippen molar-refractivity contribution < 1.29 is 9.53 Å². The number of methoxy groups -OCH3 is 1. The molecule has 1 aliphatic carbocycles. The summed E-state index contributed by atoms with van der Waals surface area (Å²) in [7, 11) is 3.53. The Hall–Kier alpha value is -1.55. The van der Waals surface area contributed by atoms with Crippen molar-refractivity contribution in [3.05, 3.63) is 29.3 Å². The molecule has 1 atom stereocenters. The molecule has 1 aromatic rings. The van der Waals surface area contributed by atoms with Crippen LogP contribution in [0.1, 0.15) is 30.4 Å². The van der Waals surface area contributed by atoms with Gasteiger partial charge in [-0.1, -0.05) is 6.07 Å². The number of aryl methyl sites for hydroxylation is 2. The summed E-state index contributed by atoms with van der Waals surface area (Å²) in [6.45, 7) is 5.04. The van der Waals surface area contributed by atoms with E-state index in [1.807, 2.05) is 0 Å². The molecular weight excluding hydrogens is 264 g/mol. The highest BCUT2D eigenvalue weighted by Crippen LogP contribution is 2.21. The first-order valence-corrected chi connectivity index (χ1v) is 7.63. The number of anilines is 1. The van der Waals surface area contributed by atoms with E-state index < -0.39 is 0 Å². The number of hydrogen-bond acceptors (Lipinski definition) is 4. The molecule has 1 saturated carbocycles. The van der Waals surface area contributed by atoms with Gasteiger partial charge in [0.25, 0.3) is 0 Å². The van der Waals surface area contributed by atoms with Gasteiger partial charge in [0, 0.05) is 25.3 Å². The SMILES string of the molecule is COC(=O)C(CCN(C)c1cc(C)cc(C)c1)NC1CC1. The third-order valence-electron chi connectivity index (χ3n) is 3.90. The number of benzene rings is 1. The predicted molar refractivity (Wildman–Crippen MR) is 85.8 cm³/mol. The van der Waals surface area contributed by atoms with Gasteiger partial charge < -0.3 is 15.0 Å². The van der Waals surface area contributed by atoms with Crippen LogP contribution in [0.5, 0.6) is 0 Å². The number of carbonyl (C=O) groups excluding carboxylic acids is 1. The number of hydrogen-bond donors (Lipinski definition) is 1. The molecule has 1 unspecified atom stereocenters. The Bertz CT molecular complexity index is 477. The molecule has 1 aromatic carbocycles. The molecule has 1 fully saturated rings. The summed E-state index contributed by atoms with van der Waals surface area (Å²) in [5.74, 6) is -0.157. The van der Waals surface area contributed by atoms with E-state index in [0.717, 1.165) is 13.0 Å². The van der Waals surface area contributed by atoms with E-state index in [1.54, 1.807) is 0 Å². The molecule has 1 aliphatic rings. The lowest BCUT2D eigenvalue weighted by Crippen LogP contribution is -2.41. The fourth-order valence-corrected chi connectivity index (χ4v) is 2.57. The number of ether oxygens (including phenoxy) is 1. The third kappa shape index (κ3) is 4.74. The Labute approximate surface area is 127 Å². The topological polar surface area (TPSA) is 41.6 Å². The molecule has 2 rings (SSSR count). The maximum atomic E-state index is 11.8. The molecule has 0 amide bonds.